The maximum Gasteiger partial charge on any atom is 0.342 e. The second-order valence-electron chi connectivity index (χ2n) is 6.09. The molecule has 0 aromatic rings. The first kappa shape index (κ1) is 12.4. The van der Waals surface area contributed by atoms with E-state index in [9.17, 15) is 9.90 Å². The molecule has 0 amide bonds. The number of epoxide rings is 1. The summed E-state index contributed by atoms with van der Waals surface area (Å²) in [5.41, 5.74) is -1.50. The number of fused-ring (bicyclic) bond motifs is 1. The molecule has 4 heteroatoms. The van der Waals surface area contributed by atoms with Crippen molar-refractivity contribution in [3.63, 3.8) is 0 Å². The van der Waals surface area contributed by atoms with Crippen LogP contribution in [-0.4, -0.2) is 29.9 Å². The van der Waals surface area contributed by atoms with E-state index in [-0.39, 0.29) is 18.1 Å². The van der Waals surface area contributed by atoms with Gasteiger partial charge in [-0.1, -0.05) is 13.3 Å². The monoisotopic (exact) mass is 253 g/mol. The Balaban J connectivity index is 1.59. The lowest BCUT2D eigenvalue weighted by atomic mass is 9.76. The summed E-state index contributed by atoms with van der Waals surface area (Å²) < 4.78 is 10.9. The van der Waals surface area contributed by atoms with Crippen LogP contribution in [0.25, 0.3) is 0 Å². The molecule has 4 nitrogen and oxygen atoms in total. The van der Waals surface area contributed by atoms with Gasteiger partial charge in [-0.25, -0.2) is 9.90 Å². The van der Waals surface area contributed by atoms with Gasteiger partial charge in [-0.3, -0.25) is 0 Å². The van der Waals surface area contributed by atoms with Gasteiger partial charge in [-0.15, -0.1) is 0 Å². The Kier molecular flexibility index (Phi) is 3.10. The van der Waals surface area contributed by atoms with Crippen molar-refractivity contribution >= 4 is 5.97 Å². The fraction of sp³-hybridized carbons (Fsp3) is 0.929. The molecule has 0 aromatic heterocycles. The van der Waals surface area contributed by atoms with Gasteiger partial charge >= 0.3 is 5.97 Å². The molecule has 2 aliphatic carbocycles. The maximum absolute atomic E-state index is 12.6. The predicted octanol–water partition coefficient (Wildman–Crippen LogP) is 2.23. The first-order chi connectivity index (χ1) is 8.59. The molecule has 18 heavy (non-hydrogen) atoms. The van der Waals surface area contributed by atoms with Crippen LogP contribution < -0.4 is 0 Å². The molecule has 0 bridgehead atoms. The summed E-state index contributed by atoms with van der Waals surface area (Å²) in [6.07, 6.45) is 6.35. The number of ether oxygens (including phenoxy) is 2. The highest BCUT2D eigenvalue weighted by Crippen LogP contribution is 2.40. The molecular formula is C14H21O4. The second-order valence-corrected chi connectivity index (χ2v) is 6.09. The lowest BCUT2D eigenvalue weighted by Gasteiger charge is -2.35. The fourth-order valence-electron chi connectivity index (χ4n) is 3.35. The zero-order valence-electron chi connectivity index (χ0n) is 10.9. The van der Waals surface area contributed by atoms with Crippen molar-refractivity contribution in [2.24, 2.45) is 5.92 Å². The molecular weight excluding hydrogens is 232 g/mol. The van der Waals surface area contributed by atoms with Gasteiger partial charge in [0.25, 0.3) is 0 Å². The van der Waals surface area contributed by atoms with Crippen LogP contribution in [-0.2, 0) is 19.4 Å². The van der Waals surface area contributed by atoms with Gasteiger partial charge < -0.3 is 9.47 Å². The Morgan fingerprint density at radius 1 is 1.22 bits per heavy atom. The van der Waals surface area contributed by atoms with E-state index >= 15 is 0 Å². The SMILES string of the molecule is CC1CCCCC1([O])C(=O)OC1CCC2OC2C1. The molecule has 1 heterocycles. The van der Waals surface area contributed by atoms with Crippen LogP contribution in [0.2, 0.25) is 0 Å². The number of esters is 1. The summed E-state index contributed by atoms with van der Waals surface area (Å²) in [5, 5.41) is 12.6. The third-order valence-corrected chi connectivity index (χ3v) is 4.81. The topological polar surface area (TPSA) is 58.7 Å². The minimum absolute atomic E-state index is 0.0961. The Morgan fingerprint density at radius 3 is 2.78 bits per heavy atom. The molecule has 0 N–H and O–H groups in total. The Hall–Kier alpha value is -0.610. The lowest BCUT2D eigenvalue weighted by molar-refractivity contribution is -0.192. The molecule has 1 aliphatic heterocycles. The average Bonchev–Trinajstić information content (AvgIpc) is 3.11. The van der Waals surface area contributed by atoms with E-state index in [0.29, 0.717) is 12.5 Å². The van der Waals surface area contributed by atoms with Crippen molar-refractivity contribution in [2.75, 3.05) is 0 Å². The summed E-state index contributed by atoms with van der Waals surface area (Å²) in [5.74, 6) is -0.619. The standard InChI is InChI=1S/C14H21O4/c1-9-4-2-3-7-14(9,16)13(15)17-10-5-6-11-12(8-10)18-11/h9-12H,2-8H2,1H3. The van der Waals surface area contributed by atoms with Gasteiger partial charge in [0.2, 0.25) is 5.60 Å². The summed E-state index contributed by atoms with van der Waals surface area (Å²) in [6.45, 7) is 1.88. The van der Waals surface area contributed by atoms with Crippen molar-refractivity contribution < 1.29 is 19.4 Å². The summed E-state index contributed by atoms with van der Waals surface area (Å²) in [6, 6.07) is 0. The quantitative estimate of drug-likeness (QED) is 0.560. The third-order valence-electron chi connectivity index (χ3n) is 4.81. The van der Waals surface area contributed by atoms with Crippen molar-refractivity contribution in [3.8, 4) is 0 Å². The van der Waals surface area contributed by atoms with Crippen LogP contribution in [0.4, 0.5) is 0 Å². The highest BCUT2D eigenvalue weighted by Gasteiger charge is 2.50. The van der Waals surface area contributed by atoms with E-state index in [0.717, 1.165) is 38.5 Å². The van der Waals surface area contributed by atoms with E-state index in [1.165, 1.54) is 0 Å². The summed E-state index contributed by atoms with van der Waals surface area (Å²) >= 11 is 0. The second kappa shape index (κ2) is 4.49. The van der Waals surface area contributed by atoms with E-state index < -0.39 is 11.6 Å². The summed E-state index contributed by atoms with van der Waals surface area (Å²) in [7, 11) is 0. The molecule has 1 saturated heterocycles. The van der Waals surface area contributed by atoms with Gasteiger partial charge in [-0.2, -0.15) is 0 Å². The van der Waals surface area contributed by atoms with Crippen LogP contribution in [0.1, 0.15) is 51.9 Å². The van der Waals surface area contributed by atoms with Gasteiger partial charge in [-0.05, 0) is 38.0 Å². The fourth-order valence-corrected chi connectivity index (χ4v) is 3.35. The van der Waals surface area contributed by atoms with Crippen molar-refractivity contribution in [3.05, 3.63) is 0 Å². The van der Waals surface area contributed by atoms with Crippen molar-refractivity contribution in [1.82, 2.24) is 0 Å². The summed E-state index contributed by atoms with van der Waals surface area (Å²) in [4.78, 5) is 12.1. The highest BCUT2D eigenvalue weighted by molar-refractivity contribution is 5.79. The van der Waals surface area contributed by atoms with Gasteiger partial charge in [0.15, 0.2) is 0 Å². The van der Waals surface area contributed by atoms with Crippen LogP contribution in [0.3, 0.4) is 0 Å². The first-order valence-corrected chi connectivity index (χ1v) is 7.16. The van der Waals surface area contributed by atoms with Gasteiger partial charge in [0.1, 0.15) is 6.10 Å². The van der Waals surface area contributed by atoms with Crippen molar-refractivity contribution in [1.29, 1.82) is 0 Å². The molecule has 0 aromatic carbocycles. The number of carbonyl (C=O) groups excluding carboxylic acids is 1. The van der Waals surface area contributed by atoms with Crippen LogP contribution in [0.15, 0.2) is 0 Å². The zero-order chi connectivity index (χ0) is 12.8. The molecule has 5 unspecified atom stereocenters. The number of hydrogen-bond acceptors (Lipinski definition) is 3. The van der Waals surface area contributed by atoms with Crippen LogP contribution >= 0.6 is 0 Å². The normalized spacial score (nSPS) is 47.2. The van der Waals surface area contributed by atoms with E-state index in [2.05, 4.69) is 0 Å². The van der Waals surface area contributed by atoms with Gasteiger partial charge in [0.05, 0.1) is 12.2 Å². The smallest absolute Gasteiger partial charge is 0.342 e. The van der Waals surface area contributed by atoms with Crippen LogP contribution in [0, 0.1) is 5.92 Å². The van der Waals surface area contributed by atoms with Crippen LogP contribution in [0.5, 0.6) is 0 Å². The molecule has 2 saturated carbocycles. The average molecular weight is 253 g/mol. The Labute approximate surface area is 108 Å². The minimum Gasteiger partial charge on any atom is -0.460 e. The van der Waals surface area contributed by atoms with Crippen molar-refractivity contribution in [2.45, 2.75) is 75.8 Å². The lowest BCUT2D eigenvalue weighted by Crippen LogP contribution is -2.48. The van der Waals surface area contributed by atoms with E-state index in [1.54, 1.807) is 0 Å². The Bertz CT molecular complexity index is 343. The molecule has 3 aliphatic rings. The molecule has 0 spiro atoms. The molecule has 101 valence electrons. The predicted molar refractivity (Wildman–Crippen MR) is 63.4 cm³/mol. The highest BCUT2D eigenvalue weighted by atomic mass is 16.6. The third kappa shape index (κ3) is 2.16. The molecule has 3 fully saturated rings. The largest absolute Gasteiger partial charge is 0.460 e. The zero-order valence-corrected chi connectivity index (χ0v) is 10.9. The first-order valence-electron chi connectivity index (χ1n) is 7.16. The number of carbonyl (C=O) groups is 1. The molecule has 3 rings (SSSR count). The van der Waals surface area contributed by atoms with E-state index in [4.69, 9.17) is 9.47 Å². The molecule has 5 atom stereocenters. The van der Waals surface area contributed by atoms with E-state index in [1.807, 2.05) is 6.92 Å². The number of hydrogen-bond donors (Lipinski definition) is 0. The maximum atomic E-state index is 12.6. The number of rotatable bonds is 2. The van der Waals surface area contributed by atoms with Gasteiger partial charge in [0, 0.05) is 6.42 Å². The Morgan fingerprint density at radius 2 is 2.06 bits per heavy atom. The minimum atomic E-state index is -1.50. The molecule has 1 radical (unpaired) electrons.